The molecule has 2 N–H and O–H groups in total. The number of benzene rings is 2. The Labute approximate surface area is 291 Å². The molecule has 0 spiro atoms. The molecule has 3 aliphatic rings. The van der Waals surface area contributed by atoms with Crippen molar-refractivity contribution in [1.29, 1.82) is 0 Å². The minimum atomic E-state index is -0.138. The second-order valence-corrected chi connectivity index (χ2v) is 15.7. The van der Waals surface area contributed by atoms with E-state index in [0.29, 0.717) is 12.0 Å². The number of fused-ring (bicyclic) bond motifs is 2. The van der Waals surface area contributed by atoms with Gasteiger partial charge in [-0.15, -0.1) is 0 Å². The normalized spacial score (nSPS) is 20.1. The number of halogens is 1. The zero-order valence-electron chi connectivity index (χ0n) is 28.4. The highest BCUT2D eigenvalue weighted by atomic mass is 79.9. The fourth-order valence-corrected chi connectivity index (χ4v) is 8.03. The molecule has 2 aromatic heterocycles. The van der Waals surface area contributed by atoms with Crippen LogP contribution in [0.3, 0.4) is 0 Å². The van der Waals surface area contributed by atoms with E-state index >= 15 is 0 Å². The third-order valence-electron chi connectivity index (χ3n) is 10.2. The van der Waals surface area contributed by atoms with Crippen LogP contribution in [0.25, 0.3) is 16.9 Å². The van der Waals surface area contributed by atoms with Crippen molar-refractivity contribution in [2.75, 3.05) is 24.3 Å². The van der Waals surface area contributed by atoms with E-state index in [0.717, 1.165) is 89.4 Å². The maximum Gasteiger partial charge on any atom is 0.251 e. The number of nitrogens with zero attached hydrogens (tertiary/aromatic N) is 4. The number of carbonyl (C=O) groups excluding carboxylic acids is 2. The van der Waals surface area contributed by atoms with Gasteiger partial charge in [-0.05, 0) is 105 Å². The number of ketones is 1. The molecule has 0 radical (unpaired) electrons. The highest BCUT2D eigenvalue weighted by Gasteiger charge is 2.35. The van der Waals surface area contributed by atoms with E-state index < -0.39 is 0 Å². The zero-order valence-corrected chi connectivity index (χ0v) is 30.0. The van der Waals surface area contributed by atoms with Crippen molar-refractivity contribution in [2.24, 2.45) is 5.41 Å². The molecule has 0 unspecified atom stereocenters. The summed E-state index contributed by atoms with van der Waals surface area (Å²) in [5.41, 5.74) is 7.64. The van der Waals surface area contributed by atoms with Gasteiger partial charge in [-0.1, -0.05) is 48.0 Å². The molecule has 2 heterocycles. The molecule has 2 aromatic carbocycles. The van der Waals surface area contributed by atoms with E-state index in [9.17, 15) is 9.59 Å². The van der Waals surface area contributed by atoms with Gasteiger partial charge in [-0.2, -0.15) is 4.98 Å². The Bertz CT molecular complexity index is 1850. The summed E-state index contributed by atoms with van der Waals surface area (Å²) in [7, 11) is 4.11. The molecule has 9 heteroatoms. The molecule has 4 aromatic rings. The fourth-order valence-electron chi connectivity index (χ4n) is 7.77. The lowest BCUT2D eigenvalue weighted by molar-refractivity contribution is 0.0906. The van der Waals surface area contributed by atoms with Crippen LogP contribution in [0.5, 0.6) is 0 Å². The van der Waals surface area contributed by atoms with E-state index in [1.165, 1.54) is 24.1 Å². The first-order valence-electron chi connectivity index (χ1n) is 17.3. The van der Waals surface area contributed by atoms with Gasteiger partial charge >= 0.3 is 0 Å². The summed E-state index contributed by atoms with van der Waals surface area (Å²) in [5.74, 6) is 1.87. The van der Waals surface area contributed by atoms with Crippen LogP contribution in [0.15, 0.2) is 59.1 Å². The topological polar surface area (TPSA) is 92.2 Å². The van der Waals surface area contributed by atoms with Gasteiger partial charge in [0.1, 0.15) is 5.82 Å². The molecular formula is C39H45BrN6O2. The first kappa shape index (κ1) is 32.6. The molecule has 1 amide bonds. The number of aryl methyl sites for hydroxylation is 1. The van der Waals surface area contributed by atoms with Crippen LogP contribution in [-0.2, 0) is 19.3 Å². The van der Waals surface area contributed by atoms with Gasteiger partial charge in [0.2, 0.25) is 5.95 Å². The Morgan fingerprint density at radius 2 is 1.67 bits per heavy atom. The van der Waals surface area contributed by atoms with Crippen LogP contribution in [0.4, 0.5) is 11.8 Å². The highest BCUT2D eigenvalue weighted by Crippen LogP contribution is 2.40. The summed E-state index contributed by atoms with van der Waals surface area (Å²) in [5, 5.41) is 6.94. The summed E-state index contributed by atoms with van der Waals surface area (Å²) in [6.07, 6.45) is 9.43. The Morgan fingerprint density at radius 1 is 0.938 bits per heavy atom. The second-order valence-electron chi connectivity index (χ2n) is 14.8. The Morgan fingerprint density at radius 3 is 2.42 bits per heavy atom. The largest absolute Gasteiger partial charge is 0.362 e. The minimum absolute atomic E-state index is 0.0653. The van der Waals surface area contributed by atoms with Gasteiger partial charge in [0.25, 0.3) is 5.91 Å². The Balaban J connectivity index is 1.07. The molecule has 48 heavy (non-hydrogen) atoms. The number of anilines is 2. The molecular weight excluding hydrogens is 664 g/mol. The van der Waals surface area contributed by atoms with E-state index in [1.54, 1.807) is 0 Å². The first-order chi connectivity index (χ1) is 23.0. The number of hydrogen-bond donors (Lipinski definition) is 2. The monoisotopic (exact) mass is 708 g/mol. The number of rotatable bonds is 7. The van der Waals surface area contributed by atoms with Crippen LogP contribution >= 0.6 is 15.9 Å². The lowest BCUT2D eigenvalue weighted by atomic mass is 9.76. The predicted octanol–water partition coefficient (Wildman–Crippen LogP) is 7.95. The second kappa shape index (κ2) is 13.1. The maximum atomic E-state index is 13.7. The van der Waals surface area contributed by atoms with Crippen LogP contribution < -0.4 is 15.5 Å². The number of nitrogens with one attached hydrogen (secondary N) is 2. The minimum Gasteiger partial charge on any atom is -0.362 e. The van der Waals surface area contributed by atoms with Crippen LogP contribution in [0, 0.1) is 5.41 Å². The van der Waals surface area contributed by atoms with E-state index in [2.05, 4.69) is 76.1 Å². The van der Waals surface area contributed by atoms with E-state index in [1.807, 2.05) is 42.5 Å². The molecule has 1 fully saturated rings. The van der Waals surface area contributed by atoms with Gasteiger partial charge in [-0.3, -0.25) is 9.59 Å². The molecule has 0 aliphatic heterocycles. The van der Waals surface area contributed by atoms with Gasteiger partial charge in [0.15, 0.2) is 5.78 Å². The lowest BCUT2D eigenvalue weighted by Crippen LogP contribution is -2.40. The van der Waals surface area contributed by atoms with Crippen LogP contribution in [0.2, 0.25) is 0 Å². The van der Waals surface area contributed by atoms with E-state index in [-0.39, 0.29) is 29.2 Å². The molecule has 3 aliphatic carbocycles. The standard InChI is InChI=1S/C39H45BrN6O2/c1-39(2)22-34-31(35(47)23-39)21-33(24-12-14-26(40)15-13-24)46(34)29-9-7-8-25(20-29)37(48)41-27-16-18-28(19-17-27)42-38-43-32-11-6-5-10-30(32)36(44-38)45(3)4/h7-9,12-15,20-21,27-28H,5-6,10-11,16-19,22-23H2,1-4H3,(H,41,48)(H,42,43,44)/t27-,28+. The number of Topliss-reactive ketones (excluding diaryl/α,β-unsaturated/α-hetero) is 1. The molecule has 1 saturated carbocycles. The number of carbonyl (C=O) groups is 2. The molecule has 250 valence electrons. The average molecular weight is 710 g/mol. The number of amides is 1. The van der Waals surface area contributed by atoms with Crippen molar-refractivity contribution in [3.63, 3.8) is 0 Å². The van der Waals surface area contributed by atoms with Crippen molar-refractivity contribution >= 4 is 39.4 Å². The smallest absolute Gasteiger partial charge is 0.251 e. The summed E-state index contributed by atoms with van der Waals surface area (Å²) in [6.45, 7) is 4.30. The summed E-state index contributed by atoms with van der Waals surface area (Å²) < 4.78 is 3.19. The number of hydrogen-bond acceptors (Lipinski definition) is 6. The molecule has 8 nitrogen and oxygen atoms in total. The van der Waals surface area contributed by atoms with Crippen molar-refractivity contribution in [1.82, 2.24) is 19.9 Å². The zero-order chi connectivity index (χ0) is 33.6. The van der Waals surface area contributed by atoms with Crippen molar-refractivity contribution in [3.05, 3.63) is 87.1 Å². The highest BCUT2D eigenvalue weighted by molar-refractivity contribution is 9.10. The van der Waals surface area contributed by atoms with Crippen LogP contribution in [-0.4, -0.2) is 52.4 Å². The lowest BCUT2D eigenvalue weighted by Gasteiger charge is -2.31. The van der Waals surface area contributed by atoms with E-state index in [4.69, 9.17) is 9.97 Å². The van der Waals surface area contributed by atoms with Gasteiger partial charge < -0.3 is 20.1 Å². The van der Waals surface area contributed by atoms with Crippen molar-refractivity contribution < 1.29 is 9.59 Å². The fraction of sp³-hybridized carbons (Fsp3) is 0.436. The Hall–Kier alpha value is -3.98. The quantitative estimate of drug-likeness (QED) is 0.203. The summed E-state index contributed by atoms with van der Waals surface area (Å²) in [4.78, 5) is 38.9. The summed E-state index contributed by atoms with van der Waals surface area (Å²) >= 11 is 3.55. The molecule has 0 bridgehead atoms. The third kappa shape index (κ3) is 6.66. The third-order valence-corrected chi connectivity index (χ3v) is 10.7. The average Bonchev–Trinajstić information content (AvgIpc) is 3.44. The van der Waals surface area contributed by atoms with Crippen molar-refractivity contribution in [3.8, 4) is 16.9 Å². The predicted molar refractivity (Wildman–Crippen MR) is 195 cm³/mol. The van der Waals surface area contributed by atoms with Gasteiger partial charge in [-0.25, -0.2) is 4.98 Å². The Kier molecular flexibility index (Phi) is 8.92. The molecule has 7 rings (SSSR count). The van der Waals surface area contributed by atoms with Crippen molar-refractivity contribution in [2.45, 2.75) is 90.1 Å². The van der Waals surface area contributed by atoms with Gasteiger partial charge in [0.05, 0.1) is 11.4 Å². The SMILES string of the molecule is CN(C)c1nc(N[C@H]2CC[C@@H](NC(=O)c3cccc(-n4c(-c5ccc(Br)cc5)cc5c4CC(C)(C)CC5=O)c3)CC2)nc2c1CCCC2. The summed E-state index contributed by atoms with van der Waals surface area (Å²) in [6, 6.07) is 18.4. The first-order valence-corrected chi connectivity index (χ1v) is 18.1. The van der Waals surface area contributed by atoms with Crippen LogP contribution in [0.1, 0.15) is 96.5 Å². The molecule has 0 atom stereocenters. The maximum absolute atomic E-state index is 13.7. The van der Waals surface area contributed by atoms with Gasteiger partial charge in [0, 0.05) is 65.1 Å². The number of aromatic nitrogens is 3. The molecule has 0 saturated heterocycles.